The van der Waals surface area contributed by atoms with Gasteiger partial charge in [0, 0.05) is 10.7 Å². The lowest BCUT2D eigenvalue weighted by atomic mass is 10.1. The van der Waals surface area contributed by atoms with Crippen LogP contribution in [-0.2, 0) is 18.0 Å². The van der Waals surface area contributed by atoms with Gasteiger partial charge in [0.2, 0.25) is 0 Å². The van der Waals surface area contributed by atoms with Crippen molar-refractivity contribution in [3.8, 4) is 23.3 Å². The Kier molecular flexibility index (Phi) is 10.5. The third-order valence-electron chi connectivity index (χ3n) is 6.39. The number of nitrogens with one attached hydrogen (secondary N) is 1. The van der Waals surface area contributed by atoms with Gasteiger partial charge in [0.15, 0.2) is 11.5 Å². The van der Waals surface area contributed by atoms with Crippen molar-refractivity contribution in [2.24, 2.45) is 0 Å². The SMILES string of the molecule is CCOc1cc(/C=C(\C#N)C(=O)Nc2ccc(OCc3ccc(Cl)cc3)cc2)cc(Cl)c1OCc1ccc(C)c(C)c1. The summed E-state index contributed by atoms with van der Waals surface area (Å²) >= 11 is 12.5. The maximum absolute atomic E-state index is 12.9. The summed E-state index contributed by atoms with van der Waals surface area (Å²) in [6, 6.07) is 25.7. The average molecular weight is 602 g/mol. The number of carbonyl (C=O) groups is 1. The topological polar surface area (TPSA) is 80.6 Å². The van der Waals surface area contributed by atoms with Crippen LogP contribution in [0.3, 0.4) is 0 Å². The molecule has 0 aliphatic heterocycles. The van der Waals surface area contributed by atoms with Gasteiger partial charge in [0.25, 0.3) is 5.91 Å². The molecule has 0 saturated heterocycles. The molecule has 0 heterocycles. The maximum Gasteiger partial charge on any atom is 0.266 e. The van der Waals surface area contributed by atoms with Crippen molar-refractivity contribution in [2.45, 2.75) is 34.0 Å². The largest absolute Gasteiger partial charge is 0.490 e. The molecule has 1 N–H and O–H groups in total. The van der Waals surface area contributed by atoms with Gasteiger partial charge in [0.1, 0.15) is 30.6 Å². The Bertz CT molecular complexity index is 1630. The van der Waals surface area contributed by atoms with Crippen LogP contribution < -0.4 is 19.5 Å². The standard InChI is InChI=1S/C34H30Cl2N2O4/c1-4-40-32-18-26(17-31(36)33(32)42-21-25-6-5-22(2)23(3)15-25)16-27(19-37)34(39)38-29-11-13-30(14-12-29)41-20-24-7-9-28(35)10-8-24/h5-18H,4,20-21H2,1-3H3,(H,38,39)/b27-16+. The molecule has 0 atom stereocenters. The van der Waals surface area contributed by atoms with Gasteiger partial charge in [0.05, 0.1) is 11.6 Å². The molecule has 0 aliphatic rings. The highest BCUT2D eigenvalue weighted by molar-refractivity contribution is 6.32. The Labute approximate surface area is 256 Å². The van der Waals surface area contributed by atoms with Crippen LogP contribution in [0.2, 0.25) is 10.0 Å². The number of anilines is 1. The zero-order chi connectivity index (χ0) is 30.1. The molecular formula is C34H30Cl2N2O4. The lowest BCUT2D eigenvalue weighted by molar-refractivity contribution is -0.112. The first-order valence-electron chi connectivity index (χ1n) is 13.3. The molecule has 42 heavy (non-hydrogen) atoms. The Balaban J connectivity index is 1.44. The van der Waals surface area contributed by atoms with Crippen LogP contribution >= 0.6 is 23.2 Å². The number of carbonyl (C=O) groups excluding carboxylic acids is 1. The highest BCUT2D eigenvalue weighted by Gasteiger charge is 2.15. The van der Waals surface area contributed by atoms with Gasteiger partial charge in [-0.25, -0.2) is 0 Å². The van der Waals surface area contributed by atoms with Crippen molar-refractivity contribution < 1.29 is 19.0 Å². The summed E-state index contributed by atoms with van der Waals surface area (Å²) < 4.78 is 17.6. The predicted octanol–water partition coefficient (Wildman–Crippen LogP) is 8.71. The third-order valence-corrected chi connectivity index (χ3v) is 6.93. The minimum absolute atomic E-state index is 0.0969. The van der Waals surface area contributed by atoms with E-state index in [-0.39, 0.29) is 5.57 Å². The molecule has 0 saturated carbocycles. The molecule has 0 radical (unpaired) electrons. The van der Waals surface area contributed by atoms with Crippen LogP contribution in [0.15, 0.2) is 84.4 Å². The van der Waals surface area contributed by atoms with E-state index in [2.05, 4.69) is 25.2 Å². The first-order chi connectivity index (χ1) is 20.2. The van der Waals surface area contributed by atoms with Crippen molar-refractivity contribution in [2.75, 3.05) is 11.9 Å². The first-order valence-corrected chi connectivity index (χ1v) is 14.1. The smallest absolute Gasteiger partial charge is 0.266 e. The van der Waals surface area contributed by atoms with Crippen molar-refractivity contribution in [1.29, 1.82) is 5.26 Å². The van der Waals surface area contributed by atoms with Gasteiger partial charge in [-0.3, -0.25) is 4.79 Å². The molecule has 6 nitrogen and oxygen atoms in total. The summed E-state index contributed by atoms with van der Waals surface area (Å²) in [5.41, 5.74) is 5.31. The van der Waals surface area contributed by atoms with E-state index in [0.717, 1.165) is 11.1 Å². The van der Waals surface area contributed by atoms with Gasteiger partial charge >= 0.3 is 0 Å². The Hall–Kier alpha value is -4.44. The normalized spacial score (nSPS) is 11.0. The summed E-state index contributed by atoms with van der Waals surface area (Å²) in [4.78, 5) is 12.9. The molecule has 0 aromatic heterocycles. The van der Waals surface area contributed by atoms with Crippen molar-refractivity contribution in [1.82, 2.24) is 0 Å². The van der Waals surface area contributed by atoms with E-state index < -0.39 is 5.91 Å². The number of aryl methyl sites for hydroxylation is 2. The van der Waals surface area contributed by atoms with Crippen LogP contribution in [0.25, 0.3) is 6.08 Å². The third kappa shape index (κ3) is 8.29. The summed E-state index contributed by atoms with van der Waals surface area (Å²) in [6.45, 7) is 7.04. The molecule has 8 heteroatoms. The van der Waals surface area contributed by atoms with Crippen molar-refractivity contribution in [3.63, 3.8) is 0 Å². The fourth-order valence-corrected chi connectivity index (χ4v) is 4.42. The van der Waals surface area contributed by atoms with Gasteiger partial charge in [-0.1, -0.05) is 53.5 Å². The molecule has 0 bridgehead atoms. The zero-order valence-electron chi connectivity index (χ0n) is 23.5. The highest BCUT2D eigenvalue weighted by Crippen LogP contribution is 2.38. The number of hydrogen-bond acceptors (Lipinski definition) is 5. The number of nitrogens with zero attached hydrogens (tertiary/aromatic N) is 1. The lowest BCUT2D eigenvalue weighted by Crippen LogP contribution is -2.13. The highest BCUT2D eigenvalue weighted by atomic mass is 35.5. The van der Waals surface area contributed by atoms with Crippen LogP contribution in [0.4, 0.5) is 5.69 Å². The number of rotatable bonds is 11. The maximum atomic E-state index is 12.9. The van der Waals surface area contributed by atoms with Crippen LogP contribution in [0.5, 0.6) is 17.2 Å². The lowest BCUT2D eigenvalue weighted by Gasteiger charge is -2.15. The van der Waals surface area contributed by atoms with Crippen LogP contribution in [0.1, 0.15) is 34.7 Å². The molecule has 0 spiro atoms. The summed E-state index contributed by atoms with van der Waals surface area (Å²) in [7, 11) is 0. The minimum Gasteiger partial charge on any atom is -0.490 e. The van der Waals surface area contributed by atoms with E-state index in [1.807, 2.05) is 37.3 Å². The van der Waals surface area contributed by atoms with Crippen molar-refractivity contribution in [3.05, 3.63) is 122 Å². The number of nitriles is 1. The number of ether oxygens (including phenoxy) is 3. The van der Waals surface area contributed by atoms with E-state index in [4.69, 9.17) is 37.4 Å². The molecule has 4 aromatic carbocycles. The first kappa shape index (κ1) is 30.5. The second kappa shape index (κ2) is 14.5. The summed E-state index contributed by atoms with van der Waals surface area (Å²) in [5.74, 6) is 0.899. The fourth-order valence-electron chi connectivity index (χ4n) is 4.02. The fraction of sp³-hybridized carbons (Fsp3) is 0.176. The monoisotopic (exact) mass is 600 g/mol. The Morgan fingerprint density at radius 3 is 2.21 bits per heavy atom. The van der Waals surface area contributed by atoms with E-state index >= 15 is 0 Å². The minimum atomic E-state index is -0.559. The van der Waals surface area contributed by atoms with Gasteiger partial charge in [-0.05, 0) is 103 Å². The zero-order valence-corrected chi connectivity index (χ0v) is 25.1. The predicted molar refractivity (Wildman–Crippen MR) is 167 cm³/mol. The molecular weight excluding hydrogens is 571 g/mol. The molecule has 0 unspecified atom stereocenters. The van der Waals surface area contributed by atoms with Gasteiger partial charge in [-0.15, -0.1) is 0 Å². The number of halogens is 2. The Morgan fingerprint density at radius 1 is 0.857 bits per heavy atom. The van der Waals surface area contributed by atoms with Crippen molar-refractivity contribution >= 4 is 40.9 Å². The molecule has 4 aromatic rings. The quantitative estimate of drug-likeness (QED) is 0.137. The average Bonchev–Trinajstić information content (AvgIpc) is 2.98. The van der Waals surface area contributed by atoms with Crippen LogP contribution in [0, 0.1) is 25.2 Å². The molecule has 4 rings (SSSR count). The van der Waals surface area contributed by atoms with Crippen LogP contribution in [-0.4, -0.2) is 12.5 Å². The van der Waals surface area contributed by atoms with Gasteiger partial charge in [-0.2, -0.15) is 5.26 Å². The van der Waals surface area contributed by atoms with E-state index in [9.17, 15) is 10.1 Å². The van der Waals surface area contributed by atoms with E-state index in [0.29, 0.717) is 58.4 Å². The van der Waals surface area contributed by atoms with E-state index in [1.54, 1.807) is 48.5 Å². The second-order valence-corrected chi connectivity index (χ2v) is 10.4. The molecule has 0 aliphatic carbocycles. The summed E-state index contributed by atoms with van der Waals surface area (Å²) in [5, 5.41) is 13.4. The number of hydrogen-bond donors (Lipinski definition) is 1. The molecule has 214 valence electrons. The Morgan fingerprint density at radius 2 is 1.55 bits per heavy atom. The number of amides is 1. The summed E-state index contributed by atoms with van der Waals surface area (Å²) in [6.07, 6.45) is 1.46. The molecule has 1 amide bonds. The molecule has 0 fully saturated rings. The second-order valence-electron chi connectivity index (χ2n) is 9.53. The number of benzene rings is 4. The van der Waals surface area contributed by atoms with Gasteiger partial charge < -0.3 is 19.5 Å². The van der Waals surface area contributed by atoms with E-state index in [1.165, 1.54) is 17.2 Å².